The number of ether oxygens (including phenoxy) is 2. The van der Waals surface area contributed by atoms with Gasteiger partial charge >= 0.3 is 0 Å². The number of hydrogen-bond donors (Lipinski definition) is 3. The SMILES string of the molecule is CN=C(NCC(=O)NC1CCCCC1)NCc1ccc(C)cc1OCCCOC. The zero-order valence-corrected chi connectivity index (χ0v) is 18.1. The Balaban J connectivity index is 1.79. The van der Waals surface area contributed by atoms with Crippen LogP contribution in [0.25, 0.3) is 0 Å². The van der Waals surface area contributed by atoms with E-state index in [9.17, 15) is 4.79 Å². The molecule has 0 bridgehead atoms. The lowest BCUT2D eigenvalue weighted by Gasteiger charge is -2.23. The number of aryl methyl sites for hydroxylation is 1. The van der Waals surface area contributed by atoms with Crippen molar-refractivity contribution in [1.29, 1.82) is 0 Å². The quantitative estimate of drug-likeness (QED) is 0.317. The maximum Gasteiger partial charge on any atom is 0.239 e. The topological polar surface area (TPSA) is 84.0 Å². The van der Waals surface area contributed by atoms with E-state index in [0.29, 0.717) is 31.8 Å². The van der Waals surface area contributed by atoms with Crippen LogP contribution in [0.5, 0.6) is 5.75 Å². The summed E-state index contributed by atoms with van der Waals surface area (Å²) in [4.78, 5) is 16.4. The van der Waals surface area contributed by atoms with Gasteiger partial charge in [-0.05, 0) is 31.4 Å². The van der Waals surface area contributed by atoms with E-state index in [1.807, 2.05) is 13.0 Å². The minimum atomic E-state index is 0.0114. The molecule has 1 aromatic rings. The number of nitrogens with zero attached hydrogens (tertiary/aromatic N) is 1. The predicted octanol–water partition coefficient (Wildman–Crippen LogP) is 2.52. The molecule has 0 unspecified atom stereocenters. The number of carbonyl (C=O) groups is 1. The molecule has 0 spiro atoms. The molecule has 1 fully saturated rings. The predicted molar refractivity (Wildman–Crippen MR) is 116 cm³/mol. The Kier molecular flexibility index (Phi) is 10.3. The van der Waals surface area contributed by atoms with E-state index in [4.69, 9.17) is 9.47 Å². The van der Waals surface area contributed by atoms with Crippen molar-refractivity contribution in [3.05, 3.63) is 29.3 Å². The summed E-state index contributed by atoms with van der Waals surface area (Å²) >= 11 is 0. The molecule has 1 aromatic carbocycles. The van der Waals surface area contributed by atoms with Gasteiger partial charge < -0.3 is 25.4 Å². The summed E-state index contributed by atoms with van der Waals surface area (Å²) in [5.41, 5.74) is 2.19. The van der Waals surface area contributed by atoms with Crippen LogP contribution in [0, 0.1) is 6.92 Å². The van der Waals surface area contributed by atoms with E-state index < -0.39 is 0 Å². The summed E-state index contributed by atoms with van der Waals surface area (Å²) in [7, 11) is 3.39. The molecule has 0 aliphatic heterocycles. The minimum Gasteiger partial charge on any atom is -0.493 e. The molecule has 162 valence electrons. The highest BCUT2D eigenvalue weighted by Gasteiger charge is 2.15. The lowest BCUT2D eigenvalue weighted by molar-refractivity contribution is -0.120. The lowest BCUT2D eigenvalue weighted by atomic mass is 9.95. The molecule has 0 atom stereocenters. The highest BCUT2D eigenvalue weighted by molar-refractivity contribution is 5.86. The minimum absolute atomic E-state index is 0.0114. The highest BCUT2D eigenvalue weighted by Crippen LogP contribution is 2.20. The van der Waals surface area contributed by atoms with Gasteiger partial charge in [-0.25, -0.2) is 0 Å². The number of hydrogen-bond acceptors (Lipinski definition) is 4. The van der Waals surface area contributed by atoms with Gasteiger partial charge in [-0.2, -0.15) is 0 Å². The number of methoxy groups -OCH3 is 1. The Morgan fingerprint density at radius 1 is 1.17 bits per heavy atom. The number of aliphatic imine (C=N–C) groups is 1. The number of amides is 1. The van der Waals surface area contributed by atoms with Crippen molar-refractivity contribution >= 4 is 11.9 Å². The van der Waals surface area contributed by atoms with Crippen LogP contribution in [0.15, 0.2) is 23.2 Å². The largest absolute Gasteiger partial charge is 0.493 e. The molecular weight excluding hydrogens is 368 g/mol. The normalized spacial score (nSPS) is 15.1. The summed E-state index contributed by atoms with van der Waals surface area (Å²) in [5.74, 6) is 1.46. The van der Waals surface area contributed by atoms with E-state index in [1.165, 1.54) is 19.3 Å². The van der Waals surface area contributed by atoms with Crippen molar-refractivity contribution in [2.24, 2.45) is 4.99 Å². The number of guanidine groups is 1. The average Bonchev–Trinajstić information content (AvgIpc) is 2.73. The van der Waals surface area contributed by atoms with Crippen molar-refractivity contribution < 1.29 is 14.3 Å². The first-order chi connectivity index (χ1) is 14.1. The third-order valence-electron chi connectivity index (χ3n) is 5.03. The van der Waals surface area contributed by atoms with Gasteiger partial charge in [0.15, 0.2) is 5.96 Å². The molecule has 7 heteroatoms. The van der Waals surface area contributed by atoms with Crippen molar-refractivity contribution in [3.8, 4) is 5.75 Å². The van der Waals surface area contributed by atoms with Gasteiger partial charge in [0, 0.05) is 45.3 Å². The van der Waals surface area contributed by atoms with E-state index in [1.54, 1.807) is 14.2 Å². The first-order valence-corrected chi connectivity index (χ1v) is 10.6. The smallest absolute Gasteiger partial charge is 0.239 e. The van der Waals surface area contributed by atoms with Gasteiger partial charge in [0.05, 0.1) is 13.2 Å². The second-order valence-electron chi connectivity index (χ2n) is 7.49. The zero-order valence-electron chi connectivity index (χ0n) is 18.1. The first-order valence-electron chi connectivity index (χ1n) is 10.6. The number of rotatable bonds is 10. The summed E-state index contributed by atoms with van der Waals surface area (Å²) in [5, 5.41) is 9.46. The van der Waals surface area contributed by atoms with Crippen molar-refractivity contribution in [3.63, 3.8) is 0 Å². The van der Waals surface area contributed by atoms with E-state index in [0.717, 1.165) is 36.1 Å². The van der Waals surface area contributed by atoms with Crippen LogP contribution >= 0.6 is 0 Å². The molecule has 0 heterocycles. The monoisotopic (exact) mass is 404 g/mol. The van der Waals surface area contributed by atoms with Crippen molar-refractivity contribution in [2.45, 2.75) is 58.0 Å². The van der Waals surface area contributed by atoms with Gasteiger partial charge in [-0.3, -0.25) is 9.79 Å². The third-order valence-corrected chi connectivity index (χ3v) is 5.03. The molecule has 0 saturated heterocycles. The van der Waals surface area contributed by atoms with Crippen LogP contribution in [0.2, 0.25) is 0 Å². The van der Waals surface area contributed by atoms with E-state index in [2.05, 4.69) is 33.1 Å². The Morgan fingerprint density at radius 2 is 1.97 bits per heavy atom. The van der Waals surface area contributed by atoms with Crippen LogP contribution in [0.3, 0.4) is 0 Å². The molecule has 29 heavy (non-hydrogen) atoms. The molecule has 0 radical (unpaired) electrons. The van der Waals surface area contributed by atoms with Gasteiger partial charge in [-0.1, -0.05) is 31.4 Å². The van der Waals surface area contributed by atoms with Gasteiger partial charge in [0.1, 0.15) is 5.75 Å². The standard InChI is InChI=1S/C22H36N4O3/c1-17-10-11-18(20(14-17)29-13-7-12-28-3)15-24-22(23-2)25-16-21(27)26-19-8-5-4-6-9-19/h10-11,14,19H,4-9,12-13,15-16H2,1-3H3,(H,26,27)(H2,23,24,25). The maximum absolute atomic E-state index is 12.2. The van der Waals surface area contributed by atoms with Crippen molar-refractivity contribution in [1.82, 2.24) is 16.0 Å². The molecule has 1 aliphatic rings. The van der Waals surface area contributed by atoms with Crippen LogP contribution in [-0.2, 0) is 16.1 Å². The number of benzene rings is 1. The molecule has 1 aliphatic carbocycles. The maximum atomic E-state index is 12.2. The number of nitrogens with one attached hydrogen (secondary N) is 3. The molecule has 3 N–H and O–H groups in total. The Bertz CT molecular complexity index is 657. The van der Waals surface area contributed by atoms with Gasteiger partial charge in [-0.15, -0.1) is 0 Å². The molecule has 7 nitrogen and oxygen atoms in total. The second-order valence-corrected chi connectivity index (χ2v) is 7.49. The summed E-state index contributed by atoms with van der Waals surface area (Å²) in [6.45, 7) is 4.11. The molecular formula is C22H36N4O3. The molecule has 2 rings (SSSR count). The Hall–Kier alpha value is -2.28. The van der Waals surface area contributed by atoms with Crippen LogP contribution < -0.4 is 20.7 Å². The fraction of sp³-hybridized carbons (Fsp3) is 0.636. The van der Waals surface area contributed by atoms with Crippen LogP contribution in [0.1, 0.15) is 49.7 Å². The fourth-order valence-electron chi connectivity index (χ4n) is 3.42. The summed E-state index contributed by atoms with van der Waals surface area (Å²) in [6.07, 6.45) is 6.69. The average molecular weight is 405 g/mol. The third kappa shape index (κ3) is 8.73. The molecule has 1 saturated carbocycles. The Labute approximate surface area is 174 Å². The fourth-order valence-corrected chi connectivity index (χ4v) is 3.42. The van der Waals surface area contributed by atoms with Crippen LogP contribution in [-0.4, -0.2) is 51.8 Å². The highest BCUT2D eigenvalue weighted by atomic mass is 16.5. The molecule has 1 amide bonds. The van der Waals surface area contributed by atoms with E-state index in [-0.39, 0.29) is 12.5 Å². The lowest BCUT2D eigenvalue weighted by Crippen LogP contribution is -2.45. The van der Waals surface area contributed by atoms with Gasteiger partial charge in [0.25, 0.3) is 0 Å². The zero-order chi connectivity index (χ0) is 20.9. The summed E-state index contributed by atoms with van der Waals surface area (Å²) < 4.78 is 11.0. The molecule has 0 aromatic heterocycles. The first kappa shape index (κ1) is 23.0. The van der Waals surface area contributed by atoms with Crippen molar-refractivity contribution in [2.75, 3.05) is 33.9 Å². The number of carbonyl (C=O) groups excluding carboxylic acids is 1. The second kappa shape index (κ2) is 13.0. The van der Waals surface area contributed by atoms with E-state index >= 15 is 0 Å². The van der Waals surface area contributed by atoms with Crippen LogP contribution in [0.4, 0.5) is 0 Å². The summed E-state index contributed by atoms with van der Waals surface area (Å²) in [6, 6.07) is 6.47. The van der Waals surface area contributed by atoms with Gasteiger partial charge in [0.2, 0.25) is 5.91 Å². The Morgan fingerprint density at radius 3 is 2.69 bits per heavy atom.